The van der Waals surface area contributed by atoms with E-state index in [1.165, 1.54) is 0 Å². The summed E-state index contributed by atoms with van der Waals surface area (Å²) in [5.74, 6) is -1.09. The topological polar surface area (TPSA) is 60.9 Å². The Kier molecular flexibility index (Phi) is 3.31. The van der Waals surface area contributed by atoms with Crippen molar-refractivity contribution in [1.82, 2.24) is 9.78 Å². The predicted octanol–water partition coefficient (Wildman–Crippen LogP) is 3.05. The van der Waals surface area contributed by atoms with E-state index in [1.807, 2.05) is 30.3 Å². The number of benzene rings is 1. The molecule has 0 aliphatic rings. The largest absolute Gasteiger partial charge is 0.365 e. The number of hydrogen-bond donors (Lipinski definition) is 1. The molecule has 0 spiro atoms. The summed E-state index contributed by atoms with van der Waals surface area (Å²) in [6, 6.07) is 12.6. The van der Waals surface area contributed by atoms with Gasteiger partial charge in [-0.2, -0.15) is 5.10 Å². The van der Waals surface area contributed by atoms with Crippen LogP contribution in [0.5, 0.6) is 0 Å². The maximum atomic E-state index is 14.0. The summed E-state index contributed by atoms with van der Waals surface area (Å²) in [5, 5.41) is 4.39. The van der Waals surface area contributed by atoms with Gasteiger partial charge in [0.2, 0.25) is 0 Å². The van der Waals surface area contributed by atoms with Crippen LogP contribution in [0.1, 0.15) is 9.67 Å². The van der Waals surface area contributed by atoms with E-state index in [4.69, 9.17) is 5.73 Å². The smallest absolute Gasteiger partial charge is 0.258 e. The number of nitrogens with two attached hydrogens (primary N) is 1. The van der Waals surface area contributed by atoms with Gasteiger partial charge in [0.25, 0.3) is 5.91 Å². The van der Waals surface area contributed by atoms with Crippen molar-refractivity contribution in [2.75, 3.05) is 0 Å². The standard InChI is InChI=1S/C15H12FN3OS/c1-19-12(14-10(16)7-13(21-14)15(17)20)8-11(18-19)9-5-3-2-4-6-9/h2-8H,1H3,(H2,17,20). The van der Waals surface area contributed by atoms with Crippen molar-refractivity contribution in [3.05, 3.63) is 53.2 Å². The van der Waals surface area contributed by atoms with E-state index < -0.39 is 11.7 Å². The van der Waals surface area contributed by atoms with Gasteiger partial charge in [0.15, 0.2) is 0 Å². The van der Waals surface area contributed by atoms with Crippen molar-refractivity contribution in [3.63, 3.8) is 0 Å². The minimum Gasteiger partial charge on any atom is -0.365 e. The Balaban J connectivity index is 2.08. The first-order valence-corrected chi connectivity index (χ1v) is 7.07. The summed E-state index contributed by atoms with van der Waals surface area (Å²) in [6.45, 7) is 0. The molecule has 106 valence electrons. The molecule has 0 aliphatic heterocycles. The highest BCUT2D eigenvalue weighted by Gasteiger charge is 2.18. The average Bonchev–Trinajstić information content (AvgIpc) is 3.03. The lowest BCUT2D eigenvalue weighted by Crippen LogP contribution is -2.08. The molecule has 3 rings (SSSR count). The van der Waals surface area contributed by atoms with Crippen molar-refractivity contribution in [2.24, 2.45) is 12.8 Å². The van der Waals surface area contributed by atoms with E-state index in [1.54, 1.807) is 17.8 Å². The van der Waals surface area contributed by atoms with E-state index in [0.717, 1.165) is 28.7 Å². The average molecular weight is 301 g/mol. The molecule has 1 aromatic carbocycles. The lowest BCUT2D eigenvalue weighted by Gasteiger charge is -1.97. The summed E-state index contributed by atoms with van der Waals surface area (Å²) >= 11 is 1.03. The number of rotatable bonds is 3. The van der Waals surface area contributed by atoms with Crippen LogP contribution < -0.4 is 5.73 Å². The Morgan fingerprint density at radius 2 is 2.00 bits per heavy atom. The van der Waals surface area contributed by atoms with Gasteiger partial charge in [-0.25, -0.2) is 4.39 Å². The lowest BCUT2D eigenvalue weighted by molar-refractivity contribution is 0.100. The van der Waals surface area contributed by atoms with Gasteiger partial charge in [0.05, 0.1) is 21.1 Å². The number of primary amides is 1. The molecule has 0 radical (unpaired) electrons. The highest BCUT2D eigenvalue weighted by atomic mass is 32.1. The maximum Gasteiger partial charge on any atom is 0.258 e. The molecule has 1 amide bonds. The molecule has 2 N–H and O–H groups in total. The second-order valence-electron chi connectivity index (χ2n) is 4.56. The Morgan fingerprint density at radius 1 is 1.29 bits per heavy atom. The number of aryl methyl sites for hydroxylation is 1. The van der Waals surface area contributed by atoms with Crippen LogP contribution in [0, 0.1) is 5.82 Å². The number of aromatic nitrogens is 2. The quantitative estimate of drug-likeness (QED) is 0.808. The molecular weight excluding hydrogens is 289 g/mol. The Hall–Kier alpha value is -2.47. The van der Waals surface area contributed by atoms with Gasteiger partial charge in [-0.3, -0.25) is 9.48 Å². The highest BCUT2D eigenvalue weighted by molar-refractivity contribution is 7.17. The van der Waals surface area contributed by atoms with Gasteiger partial charge in [-0.15, -0.1) is 11.3 Å². The van der Waals surface area contributed by atoms with E-state index >= 15 is 0 Å². The molecule has 3 aromatic rings. The van der Waals surface area contributed by atoms with Crippen LogP contribution in [0.4, 0.5) is 4.39 Å². The van der Waals surface area contributed by atoms with Crippen molar-refractivity contribution in [3.8, 4) is 21.8 Å². The molecule has 2 aromatic heterocycles. The molecular formula is C15H12FN3OS. The Bertz CT molecular complexity index is 808. The van der Waals surface area contributed by atoms with Crippen LogP contribution in [0.25, 0.3) is 21.8 Å². The number of halogens is 1. The van der Waals surface area contributed by atoms with Crippen LogP contribution in [0.15, 0.2) is 42.5 Å². The van der Waals surface area contributed by atoms with Crippen LogP contribution in [0.3, 0.4) is 0 Å². The molecule has 0 atom stereocenters. The molecule has 0 saturated carbocycles. The van der Waals surface area contributed by atoms with Crippen LogP contribution >= 0.6 is 11.3 Å². The molecule has 4 nitrogen and oxygen atoms in total. The van der Waals surface area contributed by atoms with Crippen molar-refractivity contribution >= 4 is 17.2 Å². The van der Waals surface area contributed by atoms with Gasteiger partial charge < -0.3 is 5.73 Å². The number of carbonyl (C=O) groups excluding carboxylic acids is 1. The summed E-state index contributed by atoms with van der Waals surface area (Å²) in [7, 11) is 1.74. The number of amides is 1. The van der Waals surface area contributed by atoms with E-state index in [9.17, 15) is 9.18 Å². The van der Waals surface area contributed by atoms with Gasteiger partial charge in [-0.1, -0.05) is 30.3 Å². The van der Waals surface area contributed by atoms with Gasteiger partial charge >= 0.3 is 0 Å². The third-order valence-electron chi connectivity index (χ3n) is 3.11. The highest BCUT2D eigenvalue weighted by Crippen LogP contribution is 2.33. The number of nitrogens with zero attached hydrogens (tertiary/aromatic N) is 2. The maximum absolute atomic E-state index is 14.0. The minimum atomic E-state index is -0.629. The molecule has 21 heavy (non-hydrogen) atoms. The fraction of sp³-hybridized carbons (Fsp3) is 0.0667. The molecule has 6 heteroatoms. The first kappa shape index (κ1) is 13.5. The first-order chi connectivity index (χ1) is 10.1. The fourth-order valence-electron chi connectivity index (χ4n) is 2.09. The molecule has 2 heterocycles. The summed E-state index contributed by atoms with van der Waals surface area (Å²) < 4.78 is 15.6. The Labute approximate surface area is 124 Å². The van der Waals surface area contributed by atoms with Crippen LogP contribution in [-0.2, 0) is 7.05 Å². The summed E-state index contributed by atoms with van der Waals surface area (Å²) in [4.78, 5) is 11.7. The molecule has 0 bridgehead atoms. The summed E-state index contributed by atoms with van der Waals surface area (Å²) in [5.41, 5.74) is 7.51. The Morgan fingerprint density at radius 3 is 2.62 bits per heavy atom. The van der Waals surface area contributed by atoms with Crippen LogP contribution in [0.2, 0.25) is 0 Å². The SMILES string of the molecule is Cn1nc(-c2ccccc2)cc1-c1sc(C(N)=O)cc1F. The third-order valence-corrected chi connectivity index (χ3v) is 4.26. The second-order valence-corrected chi connectivity index (χ2v) is 5.61. The van der Waals surface area contributed by atoms with Gasteiger partial charge in [0, 0.05) is 12.6 Å². The van der Waals surface area contributed by atoms with Gasteiger partial charge in [-0.05, 0) is 12.1 Å². The first-order valence-electron chi connectivity index (χ1n) is 6.25. The summed E-state index contributed by atoms with van der Waals surface area (Å²) in [6.07, 6.45) is 0. The number of carbonyl (C=O) groups is 1. The molecule has 0 aliphatic carbocycles. The van der Waals surface area contributed by atoms with Crippen molar-refractivity contribution < 1.29 is 9.18 Å². The molecule has 0 fully saturated rings. The zero-order chi connectivity index (χ0) is 15.0. The van der Waals surface area contributed by atoms with E-state index in [0.29, 0.717) is 10.6 Å². The minimum absolute atomic E-state index is 0.199. The number of hydrogen-bond acceptors (Lipinski definition) is 3. The predicted molar refractivity (Wildman–Crippen MR) is 80.4 cm³/mol. The van der Waals surface area contributed by atoms with Gasteiger partial charge in [0.1, 0.15) is 5.82 Å². The lowest BCUT2D eigenvalue weighted by atomic mass is 10.1. The molecule has 0 unspecified atom stereocenters. The monoisotopic (exact) mass is 301 g/mol. The number of thiophene rings is 1. The zero-order valence-corrected chi connectivity index (χ0v) is 12.0. The van der Waals surface area contributed by atoms with Crippen molar-refractivity contribution in [1.29, 1.82) is 0 Å². The zero-order valence-electron chi connectivity index (χ0n) is 11.2. The van der Waals surface area contributed by atoms with Crippen molar-refractivity contribution in [2.45, 2.75) is 0 Å². The van der Waals surface area contributed by atoms with E-state index in [2.05, 4.69) is 5.10 Å². The normalized spacial score (nSPS) is 10.8. The van der Waals surface area contributed by atoms with E-state index in [-0.39, 0.29) is 4.88 Å². The third kappa shape index (κ3) is 2.45. The second kappa shape index (κ2) is 5.14. The fourth-order valence-corrected chi connectivity index (χ4v) is 3.03. The van der Waals surface area contributed by atoms with Crippen LogP contribution in [-0.4, -0.2) is 15.7 Å². The molecule has 0 saturated heterocycles.